The van der Waals surface area contributed by atoms with E-state index in [1.807, 2.05) is 24.3 Å². The number of carbonyl (C=O) groups excluding carboxylic acids is 1. The van der Waals surface area contributed by atoms with E-state index in [1.54, 1.807) is 7.05 Å². The fraction of sp³-hybridized carbons (Fsp3) is 0.417. The molecule has 1 amide bonds. The van der Waals surface area contributed by atoms with E-state index in [-0.39, 0.29) is 11.3 Å². The van der Waals surface area contributed by atoms with Crippen LogP contribution in [0.15, 0.2) is 24.3 Å². The van der Waals surface area contributed by atoms with Crippen LogP contribution < -0.4 is 5.32 Å². The highest BCUT2D eigenvalue weighted by Crippen LogP contribution is 2.25. The number of hydrogen-bond donors (Lipinski definition) is 1. The normalized spacial score (nSPS) is 11.1. The van der Waals surface area contributed by atoms with E-state index in [0.717, 1.165) is 11.1 Å². The Kier molecular flexibility index (Phi) is 2.94. The zero-order chi connectivity index (χ0) is 10.8. The highest BCUT2D eigenvalue weighted by atomic mass is 16.1. The lowest BCUT2D eigenvalue weighted by Crippen LogP contribution is -2.23. The summed E-state index contributed by atoms with van der Waals surface area (Å²) in [4.78, 5) is 11.6. The van der Waals surface area contributed by atoms with Gasteiger partial charge >= 0.3 is 0 Å². The summed E-state index contributed by atoms with van der Waals surface area (Å²) in [5, 5.41) is 2.65. The molecule has 2 heteroatoms. The summed E-state index contributed by atoms with van der Waals surface area (Å²) in [5.74, 6) is -0.0180. The van der Waals surface area contributed by atoms with Gasteiger partial charge in [0.1, 0.15) is 0 Å². The highest BCUT2D eigenvalue weighted by Gasteiger charge is 2.20. The van der Waals surface area contributed by atoms with Crippen LogP contribution in [0.2, 0.25) is 0 Å². The second-order valence-corrected chi connectivity index (χ2v) is 4.37. The fourth-order valence-electron chi connectivity index (χ4n) is 1.47. The van der Waals surface area contributed by atoms with Crippen LogP contribution in [0.3, 0.4) is 0 Å². The van der Waals surface area contributed by atoms with Gasteiger partial charge in [-0.2, -0.15) is 0 Å². The van der Waals surface area contributed by atoms with E-state index in [0.29, 0.717) is 0 Å². The third-order valence-electron chi connectivity index (χ3n) is 2.21. The Hall–Kier alpha value is -1.31. The summed E-state index contributed by atoms with van der Waals surface area (Å²) in [6, 6.07) is 7.72. The summed E-state index contributed by atoms with van der Waals surface area (Å²) in [7, 11) is 1.65. The van der Waals surface area contributed by atoms with Crippen LogP contribution >= 0.6 is 0 Å². The van der Waals surface area contributed by atoms with Crippen molar-refractivity contribution in [3.05, 3.63) is 35.4 Å². The Labute approximate surface area is 85.3 Å². The van der Waals surface area contributed by atoms with E-state index >= 15 is 0 Å². The zero-order valence-electron chi connectivity index (χ0n) is 9.22. The van der Waals surface area contributed by atoms with Gasteiger partial charge in [-0.3, -0.25) is 4.79 Å². The number of nitrogens with one attached hydrogen (secondary N) is 1. The van der Waals surface area contributed by atoms with E-state index < -0.39 is 0 Å². The molecule has 0 atom stereocenters. The maximum Gasteiger partial charge on any atom is 0.251 e. The van der Waals surface area contributed by atoms with Crippen LogP contribution in [0, 0.1) is 0 Å². The van der Waals surface area contributed by atoms with Crippen molar-refractivity contribution < 1.29 is 4.79 Å². The monoisotopic (exact) mass is 191 g/mol. The fourth-order valence-corrected chi connectivity index (χ4v) is 1.47. The second-order valence-electron chi connectivity index (χ2n) is 4.37. The van der Waals surface area contributed by atoms with Crippen LogP contribution in [0.4, 0.5) is 0 Å². The SMILES string of the molecule is CNC(=O)c1ccccc1C(C)(C)C. The summed E-state index contributed by atoms with van der Waals surface area (Å²) in [6.07, 6.45) is 0. The first-order chi connectivity index (χ1) is 6.46. The van der Waals surface area contributed by atoms with Gasteiger partial charge < -0.3 is 5.32 Å². The van der Waals surface area contributed by atoms with Gasteiger partial charge in [-0.25, -0.2) is 0 Å². The molecule has 0 spiro atoms. The van der Waals surface area contributed by atoms with Crippen LogP contribution in [0.25, 0.3) is 0 Å². The van der Waals surface area contributed by atoms with Crippen molar-refractivity contribution in [2.75, 3.05) is 7.05 Å². The molecule has 1 aromatic carbocycles. The lowest BCUT2D eigenvalue weighted by Gasteiger charge is -2.21. The molecule has 0 radical (unpaired) electrons. The van der Waals surface area contributed by atoms with Crippen molar-refractivity contribution in [1.29, 1.82) is 0 Å². The third kappa shape index (κ3) is 2.13. The second kappa shape index (κ2) is 3.82. The molecular weight excluding hydrogens is 174 g/mol. The maximum atomic E-state index is 11.6. The number of carbonyl (C=O) groups is 1. The van der Waals surface area contributed by atoms with Crippen molar-refractivity contribution in [1.82, 2.24) is 5.32 Å². The maximum absolute atomic E-state index is 11.6. The molecule has 14 heavy (non-hydrogen) atoms. The third-order valence-corrected chi connectivity index (χ3v) is 2.21. The topological polar surface area (TPSA) is 29.1 Å². The van der Waals surface area contributed by atoms with Gasteiger partial charge in [0.05, 0.1) is 0 Å². The van der Waals surface area contributed by atoms with Crippen molar-refractivity contribution in [3.8, 4) is 0 Å². The van der Waals surface area contributed by atoms with Gasteiger partial charge in [-0.15, -0.1) is 0 Å². The summed E-state index contributed by atoms with van der Waals surface area (Å²) < 4.78 is 0. The minimum atomic E-state index is -0.0180. The van der Waals surface area contributed by atoms with Crippen LogP contribution in [0.5, 0.6) is 0 Å². The van der Waals surface area contributed by atoms with E-state index in [9.17, 15) is 4.79 Å². The Morgan fingerprint density at radius 3 is 2.29 bits per heavy atom. The van der Waals surface area contributed by atoms with E-state index in [4.69, 9.17) is 0 Å². The average molecular weight is 191 g/mol. The van der Waals surface area contributed by atoms with Gasteiger partial charge in [0.25, 0.3) is 5.91 Å². The number of rotatable bonds is 1. The number of benzene rings is 1. The lowest BCUT2D eigenvalue weighted by molar-refractivity contribution is 0.0961. The Balaban J connectivity index is 3.23. The molecule has 0 heterocycles. The molecule has 0 aliphatic carbocycles. The molecule has 1 rings (SSSR count). The van der Waals surface area contributed by atoms with Crippen molar-refractivity contribution in [2.24, 2.45) is 0 Å². The lowest BCUT2D eigenvalue weighted by atomic mass is 9.83. The van der Waals surface area contributed by atoms with E-state index in [1.165, 1.54) is 0 Å². The Morgan fingerprint density at radius 1 is 1.21 bits per heavy atom. The molecular formula is C12H17NO. The molecule has 76 valence electrons. The van der Waals surface area contributed by atoms with Gasteiger partial charge in [0, 0.05) is 12.6 Å². The predicted molar refractivity (Wildman–Crippen MR) is 58.5 cm³/mol. The molecule has 0 fully saturated rings. The Morgan fingerprint density at radius 2 is 1.79 bits per heavy atom. The van der Waals surface area contributed by atoms with Crippen LogP contribution in [-0.4, -0.2) is 13.0 Å². The van der Waals surface area contributed by atoms with Crippen LogP contribution in [0.1, 0.15) is 36.7 Å². The highest BCUT2D eigenvalue weighted by molar-refractivity contribution is 5.95. The summed E-state index contributed by atoms with van der Waals surface area (Å²) >= 11 is 0. The molecule has 0 saturated heterocycles. The number of hydrogen-bond acceptors (Lipinski definition) is 1. The molecule has 0 bridgehead atoms. The minimum absolute atomic E-state index is 0.00308. The molecule has 0 aliphatic rings. The summed E-state index contributed by atoms with van der Waals surface area (Å²) in [6.45, 7) is 6.32. The van der Waals surface area contributed by atoms with Gasteiger partial charge in [0.15, 0.2) is 0 Å². The predicted octanol–water partition coefficient (Wildman–Crippen LogP) is 2.34. The molecule has 0 unspecified atom stereocenters. The van der Waals surface area contributed by atoms with Gasteiger partial charge in [-0.1, -0.05) is 39.0 Å². The van der Waals surface area contributed by atoms with Gasteiger partial charge in [0.2, 0.25) is 0 Å². The Bertz CT molecular complexity index is 336. The van der Waals surface area contributed by atoms with Crippen molar-refractivity contribution >= 4 is 5.91 Å². The standard InChI is InChI=1S/C12H17NO/c1-12(2,3)10-8-6-5-7-9(10)11(14)13-4/h5-8H,1-4H3,(H,13,14). The first-order valence-electron chi connectivity index (χ1n) is 4.78. The quantitative estimate of drug-likeness (QED) is 0.725. The minimum Gasteiger partial charge on any atom is -0.355 e. The van der Waals surface area contributed by atoms with Gasteiger partial charge in [-0.05, 0) is 17.0 Å². The summed E-state index contributed by atoms with van der Waals surface area (Å²) in [5.41, 5.74) is 1.85. The first-order valence-corrected chi connectivity index (χ1v) is 4.78. The largest absolute Gasteiger partial charge is 0.355 e. The molecule has 0 saturated carbocycles. The number of amides is 1. The van der Waals surface area contributed by atoms with Crippen LogP contribution in [-0.2, 0) is 5.41 Å². The molecule has 0 aromatic heterocycles. The zero-order valence-corrected chi connectivity index (χ0v) is 9.22. The molecule has 1 N–H and O–H groups in total. The first kappa shape index (κ1) is 10.8. The van der Waals surface area contributed by atoms with Crippen molar-refractivity contribution in [2.45, 2.75) is 26.2 Å². The molecule has 0 aliphatic heterocycles. The average Bonchev–Trinajstić information content (AvgIpc) is 2.15. The van der Waals surface area contributed by atoms with Crippen molar-refractivity contribution in [3.63, 3.8) is 0 Å². The smallest absolute Gasteiger partial charge is 0.251 e. The van der Waals surface area contributed by atoms with E-state index in [2.05, 4.69) is 26.1 Å². The molecule has 1 aromatic rings. The molecule has 2 nitrogen and oxygen atoms in total.